The third-order valence-electron chi connectivity index (χ3n) is 3.61. The lowest BCUT2D eigenvalue weighted by atomic mass is 10.1. The van der Waals surface area contributed by atoms with Crippen LogP contribution in [0.4, 0.5) is 0 Å². The molecule has 2 aliphatic heterocycles. The summed E-state index contributed by atoms with van der Waals surface area (Å²) in [6.07, 6.45) is 2.32. The molecule has 0 N–H and O–H groups in total. The number of piperidine rings is 1. The van der Waals surface area contributed by atoms with E-state index in [1.54, 1.807) is 29.2 Å². The van der Waals surface area contributed by atoms with Crippen LogP contribution in [0.3, 0.4) is 0 Å². The van der Waals surface area contributed by atoms with Gasteiger partial charge in [0.05, 0.1) is 11.1 Å². The standard InChI is InChI=1S/C14H14N2O3/c17-12-7-3-4-8-15(12)9-16-13(18)10-5-1-2-6-11(10)14(16)19/h1-2,5-6H,3-4,7-9H2. The predicted molar refractivity (Wildman–Crippen MR) is 67.4 cm³/mol. The van der Waals surface area contributed by atoms with E-state index in [0.717, 1.165) is 17.7 Å². The molecule has 98 valence electrons. The second-order valence-corrected chi connectivity index (χ2v) is 4.84. The van der Waals surface area contributed by atoms with Gasteiger partial charge >= 0.3 is 0 Å². The summed E-state index contributed by atoms with van der Waals surface area (Å²) in [4.78, 5) is 38.8. The SMILES string of the molecule is O=C1CCCCN1CN1C(=O)c2ccccc2C1=O. The van der Waals surface area contributed by atoms with Crippen LogP contribution in [0.1, 0.15) is 40.0 Å². The number of carbonyl (C=O) groups is 3. The van der Waals surface area contributed by atoms with Crippen LogP contribution in [0.2, 0.25) is 0 Å². The first-order valence-electron chi connectivity index (χ1n) is 6.41. The number of fused-ring (bicyclic) bond motifs is 1. The van der Waals surface area contributed by atoms with Crippen LogP contribution in [0.25, 0.3) is 0 Å². The van der Waals surface area contributed by atoms with Crippen LogP contribution in [0, 0.1) is 0 Å². The van der Waals surface area contributed by atoms with E-state index in [1.165, 1.54) is 0 Å². The van der Waals surface area contributed by atoms with Gasteiger partial charge in [-0.25, -0.2) is 0 Å². The number of nitrogens with zero attached hydrogens (tertiary/aromatic N) is 2. The van der Waals surface area contributed by atoms with Crippen LogP contribution >= 0.6 is 0 Å². The highest BCUT2D eigenvalue weighted by Crippen LogP contribution is 2.23. The van der Waals surface area contributed by atoms with Gasteiger partial charge in [-0.15, -0.1) is 0 Å². The molecule has 0 atom stereocenters. The summed E-state index contributed by atoms with van der Waals surface area (Å²) in [7, 11) is 0. The number of likely N-dealkylation sites (tertiary alicyclic amines) is 1. The van der Waals surface area contributed by atoms with Gasteiger partial charge in [-0.1, -0.05) is 12.1 Å². The molecule has 2 heterocycles. The minimum Gasteiger partial charge on any atom is -0.324 e. The maximum absolute atomic E-state index is 12.2. The zero-order valence-electron chi connectivity index (χ0n) is 10.5. The molecule has 1 aromatic carbocycles. The molecule has 0 saturated carbocycles. The Morgan fingerprint density at radius 2 is 1.58 bits per heavy atom. The van der Waals surface area contributed by atoms with E-state index in [9.17, 15) is 14.4 Å². The van der Waals surface area contributed by atoms with Crippen LogP contribution in [-0.4, -0.2) is 40.7 Å². The number of hydrogen-bond acceptors (Lipinski definition) is 3. The summed E-state index contributed by atoms with van der Waals surface area (Å²) in [5.41, 5.74) is 0.855. The van der Waals surface area contributed by atoms with Gasteiger partial charge in [0.15, 0.2) is 0 Å². The maximum atomic E-state index is 12.2. The Labute approximate surface area is 110 Å². The number of benzene rings is 1. The van der Waals surface area contributed by atoms with Gasteiger partial charge in [-0.3, -0.25) is 19.3 Å². The van der Waals surface area contributed by atoms with E-state index in [4.69, 9.17) is 0 Å². The first-order valence-corrected chi connectivity index (χ1v) is 6.41. The molecule has 1 saturated heterocycles. The number of carbonyl (C=O) groups excluding carboxylic acids is 3. The van der Waals surface area contributed by atoms with Crippen LogP contribution in [0.15, 0.2) is 24.3 Å². The highest BCUT2D eigenvalue weighted by atomic mass is 16.2. The van der Waals surface area contributed by atoms with Gasteiger partial charge in [0.2, 0.25) is 5.91 Å². The molecule has 1 aromatic rings. The van der Waals surface area contributed by atoms with E-state index < -0.39 is 0 Å². The Bertz CT molecular complexity index is 533. The molecule has 0 spiro atoms. The third-order valence-corrected chi connectivity index (χ3v) is 3.61. The van der Waals surface area contributed by atoms with E-state index in [0.29, 0.717) is 24.1 Å². The van der Waals surface area contributed by atoms with Gasteiger partial charge < -0.3 is 4.90 Å². The Morgan fingerprint density at radius 1 is 0.947 bits per heavy atom. The molecular formula is C14H14N2O3. The Hall–Kier alpha value is -2.17. The molecule has 1 fully saturated rings. The van der Waals surface area contributed by atoms with Crippen molar-refractivity contribution in [3.63, 3.8) is 0 Å². The van der Waals surface area contributed by atoms with E-state index in [2.05, 4.69) is 0 Å². The average Bonchev–Trinajstić information content (AvgIpc) is 2.67. The first-order chi connectivity index (χ1) is 9.18. The van der Waals surface area contributed by atoms with E-state index >= 15 is 0 Å². The topological polar surface area (TPSA) is 57.7 Å². The summed E-state index contributed by atoms with van der Waals surface area (Å²) < 4.78 is 0. The molecule has 19 heavy (non-hydrogen) atoms. The molecule has 0 aromatic heterocycles. The molecule has 2 aliphatic rings. The number of rotatable bonds is 2. The molecule has 5 heteroatoms. The quantitative estimate of drug-likeness (QED) is 0.750. The van der Waals surface area contributed by atoms with Crippen molar-refractivity contribution in [3.05, 3.63) is 35.4 Å². The fraction of sp³-hybridized carbons (Fsp3) is 0.357. The first kappa shape index (κ1) is 11.9. The van der Waals surface area contributed by atoms with Crippen molar-refractivity contribution in [2.45, 2.75) is 19.3 Å². The summed E-state index contributed by atoms with van der Waals surface area (Å²) in [5.74, 6) is -0.597. The minimum absolute atomic E-state index is 0.0165. The van der Waals surface area contributed by atoms with Crippen molar-refractivity contribution in [2.75, 3.05) is 13.2 Å². The third kappa shape index (κ3) is 1.91. The Morgan fingerprint density at radius 3 is 2.16 bits per heavy atom. The van der Waals surface area contributed by atoms with E-state index in [1.807, 2.05) is 0 Å². The summed E-state index contributed by atoms with van der Waals surface area (Å²) in [5, 5.41) is 0. The van der Waals surface area contributed by atoms with Gasteiger partial charge in [-0.05, 0) is 25.0 Å². The summed E-state index contributed by atoms with van der Waals surface area (Å²) in [6.45, 7) is 0.692. The van der Waals surface area contributed by atoms with Crippen molar-refractivity contribution in [1.29, 1.82) is 0 Å². The lowest BCUT2D eigenvalue weighted by molar-refractivity contribution is -0.134. The van der Waals surface area contributed by atoms with Crippen molar-refractivity contribution < 1.29 is 14.4 Å². The molecule has 0 aliphatic carbocycles. The number of hydrogen-bond donors (Lipinski definition) is 0. The van der Waals surface area contributed by atoms with Crippen molar-refractivity contribution >= 4 is 17.7 Å². The Balaban J connectivity index is 1.82. The van der Waals surface area contributed by atoms with Crippen LogP contribution in [0.5, 0.6) is 0 Å². The average molecular weight is 258 g/mol. The maximum Gasteiger partial charge on any atom is 0.263 e. The highest BCUT2D eigenvalue weighted by molar-refractivity contribution is 6.21. The monoisotopic (exact) mass is 258 g/mol. The van der Waals surface area contributed by atoms with Gasteiger partial charge in [-0.2, -0.15) is 0 Å². The molecule has 0 unspecified atom stereocenters. The zero-order chi connectivity index (χ0) is 13.4. The molecule has 3 rings (SSSR count). The second kappa shape index (κ2) is 4.50. The van der Waals surface area contributed by atoms with Crippen molar-refractivity contribution in [3.8, 4) is 0 Å². The fourth-order valence-electron chi connectivity index (χ4n) is 2.55. The highest BCUT2D eigenvalue weighted by Gasteiger charge is 2.36. The Kier molecular flexibility index (Phi) is 2.81. The summed E-state index contributed by atoms with van der Waals surface area (Å²) in [6, 6.07) is 6.76. The largest absolute Gasteiger partial charge is 0.324 e. The fourth-order valence-corrected chi connectivity index (χ4v) is 2.55. The molecule has 0 bridgehead atoms. The van der Waals surface area contributed by atoms with Crippen LogP contribution < -0.4 is 0 Å². The normalized spacial score (nSPS) is 19.1. The predicted octanol–water partition coefficient (Wildman–Crippen LogP) is 1.25. The van der Waals surface area contributed by atoms with Gasteiger partial charge in [0.25, 0.3) is 11.8 Å². The second-order valence-electron chi connectivity index (χ2n) is 4.84. The van der Waals surface area contributed by atoms with E-state index in [-0.39, 0.29) is 24.4 Å². The lowest BCUT2D eigenvalue weighted by Crippen LogP contribution is -2.45. The van der Waals surface area contributed by atoms with Gasteiger partial charge in [0, 0.05) is 13.0 Å². The number of imide groups is 1. The zero-order valence-corrected chi connectivity index (χ0v) is 10.5. The number of amides is 3. The molecular weight excluding hydrogens is 244 g/mol. The van der Waals surface area contributed by atoms with Gasteiger partial charge in [0.1, 0.15) is 6.67 Å². The van der Waals surface area contributed by atoms with Crippen LogP contribution in [-0.2, 0) is 4.79 Å². The molecule has 0 radical (unpaired) electrons. The molecule has 3 amide bonds. The molecule has 5 nitrogen and oxygen atoms in total. The smallest absolute Gasteiger partial charge is 0.263 e. The summed E-state index contributed by atoms with van der Waals surface area (Å²) >= 11 is 0. The minimum atomic E-state index is -0.307. The van der Waals surface area contributed by atoms with Crippen molar-refractivity contribution in [2.24, 2.45) is 0 Å². The lowest BCUT2D eigenvalue weighted by Gasteiger charge is -2.29. The van der Waals surface area contributed by atoms with Crippen molar-refractivity contribution in [1.82, 2.24) is 9.80 Å².